The average Bonchev–Trinajstić information content (AvgIpc) is 2.32. The van der Waals surface area contributed by atoms with Gasteiger partial charge in [0.2, 0.25) is 0 Å². The van der Waals surface area contributed by atoms with Gasteiger partial charge in [0.15, 0.2) is 5.66 Å². The second kappa shape index (κ2) is 4.88. The molecule has 0 aliphatic carbocycles. The van der Waals surface area contributed by atoms with E-state index >= 15 is 0 Å². The predicted octanol–water partition coefficient (Wildman–Crippen LogP) is 1.53. The van der Waals surface area contributed by atoms with E-state index in [0.29, 0.717) is 10.9 Å². The minimum absolute atomic E-state index is 0.0689. The van der Waals surface area contributed by atoms with Gasteiger partial charge in [0.25, 0.3) is 0 Å². The standard InChI is InChI=1S/C12H11O5P/c1-7(18(15)16)6-9-10(13)4-2-8-3-5-11(14)17-12(8)9/h2-5,7,13H,6H2,1H3. The Kier molecular flexibility index (Phi) is 3.45. The first-order valence-electron chi connectivity index (χ1n) is 5.37. The van der Waals surface area contributed by atoms with Crippen molar-refractivity contribution in [1.82, 2.24) is 0 Å². The molecule has 1 heterocycles. The van der Waals surface area contributed by atoms with Crippen molar-refractivity contribution >= 4 is 19.0 Å². The lowest BCUT2D eigenvalue weighted by Crippen LogP contribution is -2.08. The van der Waals surface area contributed by atoms with E-state index in [1.54, 1.807) is 12.1 Å². The highest BCUT2D eigenvalue weighted by Gasteiger charge is 2.20. The van der Waals surface area contributed by atoms with Gasteiger partial charge in [-0.15, -0.1) is 0 Å². The van der Waals surface area contributed by atoms with Gasteiger partial charge in [0.1, 0.15) is 11.3 Å². The van der Waals surface area contributed by atoms with Gasteiger partial charge in [0, 0.05) is 23.4 Å². The SMILES string of the molecule is CC(Cc1c(O)ccc2ccc(=O)oc12)[P+](=O)[O-]. The first kappa shape index (κ1) is 12.7. The van der Waals surface area contributed by atoms with Crippen molar-refractivity contribution in [2.75, 3.05) is 0 Å². The van der Waals surface area contributed by atoms with E-state index in [-0.39, 0.29) is 17.8 Å². The van der Waals surface area contributed by atoms with Gasteiger partial charge in [-0.2, -0.15) is 0 Å². The van der Waals surface area contributed by atoms with Gasteiger partial charge in [-0.1, -0.05) is 4.57 Å². The molecular weight excluding hydrogens is 255 g/mol. The van der Waals surface area contributed by atoms with Crippen molar-refractivity contribution in [3.63, 3.8) is 0 Å². The maximum atomic E-state index is 11.2. The van der Waals surface area contributed by atoms with E-state index in [4.69, 9.17) is 4.42 Å². The zero-order valence-electron chi connectivity index (χ0n) is 9.62. The number of phenols is 1. The minimum atomic E-state index is -2.59. The molecule has 2 rings (SSSR count). The summed E-state index contributed by atoms with van der Waals surface area (Å²) in [6, 6.07) is 5.92. The lowest BCUT2D eigenvalue weighted by Gasteiger charge is -2.08. The second-order valence-corrected chi connectivity index (χ2v) is 5.53. The molecule has 94 valence electrons. The third kappa shape index (κ3) is 2.42. The second-order valence-electron chi connectivity index (χ2n) is 4.07. The molecule has 0 saturated carbocycles. The van der Waals surface area contributed by atoms with Crippen LogP contribution in [0.2, 0.25) is 0 Å². The monoisotopic (exact) mass is 266 g/mol. The number of hydrogen-bond donors (Lipinski definition) is 1. The van der Waals surface area contributed by atoms with E-state index in [1.807, 2.05) is 0 Å². The normalized spacial score (nSPS) is 13.6. The van der Waals surface area contributed by atoms with Crippen LogP contribution in [-0.2, 0) is 11.0 Å². The van der Waals surface area contributed by atoms with Crippen molar-refractivity contribution < 1.29 is 19.0 Å². The number of rotatable bonds is 3. The van der Waals surface area contributed by atoms with E-state index in [2.05, 4.69) is 0 Å². The Hall–Kier alpha value is -1.71. The maximum Gasteiger partial charge on any atom is 0.336 e. The zero-order chi connectivity index (χ0) is 13.3. The van der Waals surface area contributed by atoms with Crippen LogP contribution in [0.4, 0.5) is 0 Å². The van der Waals surface area contributed by atoms with Crippen LogP contribution in [0.1, 0.15) is 12.5 Å². The molecule has 1 N–H and O–H groups in total. The van der Waals surface area contributed by atoms with Gasteiger partial charge in [-0.05, 0) is 25.1 Å². The summed E-state index contributed by atoms with van der Waals surface area (Å²) in [6.45, 7) is 1.53. The molecule has 6 heteroatoms. The lowest BCUT2D eigenvalue weighted by atomic mass is 10.1. The van der Waals surface area contributed by atoms with Crippen LogP contribution in [0, 0.1) is 0 Å². The Morgan fingerprint density at radius 2 is 2.06 bits per heavy atom. The van der Waals surface area contributed by atoms with Crippen molar-refractivity contribution in [3.8, 4) is 5.75 Å². The molecule has 2 aromatic rings. The van der Waals surface area contributed by atoms with E-state index in [1.165, 1.54) is 19.1 Å². The number of hydrogen-bond acceptors (Lipinski definition) is 5. The van der Waals surface area contributed by atoms with Crippen LogP contribution in [0.25, 0.3) is 11.0 Å². The molecule has 0 spiro atoms. The summed E-state index contributed by atoms with van der Waals surface area (Å²) in [5.74, 6) is -0.0689. The van der Waals surface area contributed by atoms with Gasteiger partial charge in [-0.3, -0.25) is 0 Å². The molecule has 0 saturated heterocycles. The van der Waals surface area contributed by atoms with Crippen LogP contribution < -0.4 is 10.5 Å². The summed E-state index contributed by atoms with van der Waals surface area (Å²) in [6.07, 6.45) is 0.106. The smallest absolute Gasteiger partial charge is 0.336 e. The molecule has 0 aliphatic heterocycles. The van der Waals surface area contributed by atoms with Crippen molar-refractivity contribution in [1.29, 1.82) is 0 Å². The Bertz CT molecular complexity index is 661. The van der Waals surface area contributed by atoms with Crippen LogP contribution >= 0.6 is 8.03 Å². The van der Waals surface area contributed by atoms with Crippen LogP contribution in [0.15, 0.2) is 33.5 Å². The Morgan fingerprint density at radius 1 is 1.39 bits per heavy atom. The minimum Gasteiger partial charge on any atom is -0.595 e. The average molecular weight is 266 g/mol. The Labute approximate surface area is 104 Å². The van der Waals surface area contributed by atoms with Crippen molar-refractivity contribution in [3.05, 3.63) is 40.2 Å². The number of aromatic hydroxyl groups is 1. The van der Waals surface area contributed by atoms with Gasteiger partial charge in [0.05, 0.1) is 0 Å². The first-order valence-corrected chi connectivity index (χ1v) is 6.62. The molecule has 18 heavy (non-hydrogen) atoms. The predicted molar refractivity (Wildman–Crippen MR) is 64.9 cm³/mol. The van der Waals surface area contributed by atoms with Gasteiger partial charge < -0.3 is 14.4 Å². The summed E-state index contributed by atoms with van der Waals surface area (Å²) < 4.78 is 15.9. The highest BCUT2D eigenvalue weighted by Crippen LogP contribution is 2.31. The Balaban J connectivity index is 2.60. The molecule has 2 atom stereocenters. The molecule has 2 unspecified atom stereocenters. The summed E-state index contributed by atoms with van der Waals surface area (Å²) in [5.41, 5.74) is -0.585. The van der Waals surface area contributed by atoms with Gasteiger partial charge in [-0.25, -0.2) is 4.79 Å². The summed E-state index contributed by atoms with van der Waals surface area (Å²) in [4.78, 5) is 22.1. The van der Waals surface area contributed by atoms with Crippen LogP contribution in [-0.4, -0.2) is 10.8 Å². The third-order valence-corrected chi connectivity index (χ3v) is 3.63. The molecule has 0 aliphatic rings. The number of phenolic OH excluding ortho intramolecular Hbond substituents is 1. The fraction of sp³-hybridized carbons (Fsp3) is 0.250. The third-order valence-electron chi connectivity index (χ3n) is 2.73. The summed E-state index contributed by atoms with van der Waals surface area (Å²) >= 11 is 0. The molecule has 0 bridgehead atoms. The van der Waals surface area contributed by atoms with E-state index in [0.717, 1.165) is 0 Å². The first-order chi connectivity index (χ1) is 8.49. The molecule has 0 radical (unpaired) electrons. The van der Waals surface area contributed by atoms with Crippen LogP contribution in [0.3, 0.4) is 0 Å². The quantitative estimate of drug-likeness (QED) is 0.672. The maximum absolute atomic E-state index is 11.2. The Morgan fingerprint density at radius 3 is 2.72 bits per heavy atom. The highest BCUT2D eigenvalue weighted by atomic mass is 31.1. The van der Waals surface area contributed by atoms with Crippen LogP contribution in [0.5, 0.6) is 5.75 Å². The zero-order valence-corrected chi connectivity index (χ0v) is 10.5. The topological polar surface area (TPSA) is 90.6 Å². The summed E-state index contributed by atoms with van der Waals surface area (Å²) in [7, 11) is -2.59. The largest absolute Gasteiger partial charge is 0.595 e. The van der Waals surface area contributed by atoms with Crippen molar-refractivity contribution in [2.45, 2.75) is 19.0 Å². The summed E-state index contributed by atoms with van der Waals surface area (Å²) in [5, 5.41) is 10.4. The lowest BCUT2D eigenvalue weighted by molar-refractivity contribution is -0.166. The molecule has 0 amide bonds. The van der Waals surface area contributed by atoms with Gasteiger partial charge >= 0.3 is 13.7 Å². The molecule has 0 fully saturated rings. The van der Waals surface area contributed by atoms with E-state index in [9.17, 15) is 19.4 Å². The van der Waals surface area contributed by atoms with E-state index < -0.39 is 19.3 Å². The molecule has 1 aromatic heterocycles. The molecule has 5 nitrogen and oxygen atoms in total. The number of fused-ring (bicyclic) bond motifs is 1. The fourth-order valence-electron chi connectivity index (χ4n) is 1.75. The molecular formula is C12H11O5P. The number of benzene rings is 1. The molecule has 1 aromatic carbocycles. The highest BCUT2D eigenvalue weighted by molar-refractivity contribution is 7.37. The van der Waals surface area contributed by atoms with Crippen molar-refractivity contribution in [2.24, 2.45) is 0 Å². The fourth-order valence-corrected chi connectivity index (χ4v) is 2.08.